The van der Waals surface area contributed by atoms with E-state index in [0.717, 1.165) is 64.6 Å². The Kier molecular flexibility index (Phi) is 6.27. The second-order valence-electron chi connectivity index (χ2n) is 7.89. The zero-order valence-corrected chi connectivity index (χ0v) is 17.1. The monoisotopic (exact) mass is 394 g/mol. The number of rotatable bonds is 4. The summed E-state index contributed by atoms with van der Waals surface area (Å²) < 4.78 is 0. The van der Waals surface area contributed by atoms with Crippen LogP contribution in [0.5, 0.6) is 0 Å². The van der Waals surface area contributed by atoms with Crippen molar-refractivity contribution in [2.75, 3.05) is 69.6 Å². The van der Waals surface area contributed by atoms with Crippen LogP contribution in [-0.2, 0) is 6.54 Å². The van der Waals surface area contributed by atoms with Crippen LogP contribution in [0.4, 0.5) is 16.2 Å². The molecule has 0 radical (unpaired) electrons. The summed E-state index contributed by atoms with van der Waals surface area (Å²) >= 11 is 0. The number of amides is 2. The molecule has 0 saturated carbocycles. The van der Waals surface area contributed by atoms with E-state index in [-0.39, 0.29) is 6.03 Å². The molecule has 2 amide bonds. The molecule has 2 aliphatic rings. The minimum atomic E-state index is -0.0154. The lowest BCUT2D eigenvalue weighted by Crippen LogP contribution is -2.49. The molecule has 7 heteroatoms. The summed E-state index contributed by atoms with van der Waals surface area (Å²) in [6.07, 6.45) is 3.70. The summed E-state index contributed by atoms with van der Waals surface area (Å²) in [5.41, 5.74) is 3.29. The van der Waals surface area contributed by atoms with Crippen LogP contribution < -0.4 is 10.2 Å². The smallest absolute Gasteiger partial charge is 0.321 e. The summed E-state index contributed by atoms with van der Waals surface area (Å²) in [5.74, 6) is 0. The molecule has 0 unspecified atom stereocenters. The van der Waals surface area contributed by atoms with Crippen LogP contribution in [-0.4, -0.2) is 85.1 Å². The first kappa shape index (κ1) is 19.7. The number of likely N-dealkylation sites (N-methyl/N-ethyl adjacent to an activating group) is 1. The molecule has 154 valence electrons. The zero-order valence-electron chi connectivity index (χ0n) is 17.1. The van der Waals surface area contributed by atoms with E-state index in [2.05, 4.69) is 50.2 Å². The second kappa shape index (κ2) is 9.24. The van der Waals surface area contributed by atoms with Gasteiger partial charge in [0.2, 0.25) is 0 Å². The summed E-state index contributed by atoms with van der Waals surface area (Å²) in [4.78, 5) is 25.8. The van der Waals surface area contributed by atoms with Crippen LogP contribution in [0, 0.1) is 0 Å². The van der Waals surface area contributed by atoms with Gasteiger partial charge >= 0.3 is 6.03 Å². The predicted molar refractivity (Wildman–Crippen MR) is 116 cm³/mol. The number of carbonyl (C=O) groups excluding carboxylic acids is 1. The molecular weight excluding hydrogens is 364 g/mol. The molecule has 4 rings (SSSR count). The standard InChI is InChI=1S/C22H30N6O/c1-25-9-13-27(14-10-25)21-6-4-20(5-7-21)24-22(29)28-15-11-26(12-16-28)18-19-3-2-8-23-17-19/h2-8,17H,9-16,18H2,1H3,(H,24,29). The van der Waals surface area contributed by atoms with Gasteiger partial charge in [-0.3, -0.25) is 9.88 Å². The van der Waals surface area contributed by atoms with Gasteiger partial charge in [-0.05, 0) is 42.9 Å². The fourth-order valence-electron chi connectivity index (χ4n) is 3.88. The van der Waals surface area contributed by atoms with Gasteiger partial charge in [0.25, 0.3) is 0 Å². The Bertz CT molecular complexity index is 781. The molecule has 1 aromatic heterocycles. The van der Waals surface area contributed by atoms with Gasteiger partial charge in [-0.2, -0.15) is 0 Å². The average Bonchev–Trinajstić information content (AvgIpc) is 2.76. The normalized spacial score (nSPS) is 18.7. The van der Waals surface area contributed by atoms with Crippen molar-refractivity contribution < 1.29 is 4.79 Å². The van der Waals surface area contributed by atoms with Crippen molar-refractivity contribution in [3.8, 4) is 0 Å². The highest BCUT2D eigenvalue weighted by molar-refractivity contribution is 5.89. The lowest BCUT2D eigenvalue weighted by molar-refractivity contribution is 0.143. The number of urea groups is 1. The van der Waals surface area contributed by atoms with Crippen molar-refractivity contribution in [2.24, 2.45) is 0 Å². The highest BCUT2D eigenvalue weighted by Gasteiger charge is 2.21. The van der Waals surface area contributed by atoms with Gasteiger partial charge in [-0.15, -0.1) is 0 Å². The number of anilines is 2. The highest BCUT2D eigenvalue weighted by atomic mass is 16.2. The third-order valence-corrected chi connectivity index (χ3v) is 5.78. The Labute approximate surface area is 172 Å². The average molecular weight is 395 g/mol. The summed E-state index contributed by atoms with van der Waals surface area (Å²) in [6, 6.07) is 12.3. The van der Waals surface area contributed by atoms with Crippen molar-refractivity contribution in [3.63, 3.8) is 0 Å². The van der Waals surface area contributed by atoms with E-state index >= 15 is 0 Å². The maximum Gasteiger partial charge on any atom is 0.321 e. The molecule has 7 nitrogen and oxygen atoms in total. The SMILES string of the molecule is CN1CCN(c2ccc(NC(=O)N3CCN(Cc4cccnc4)CC3)cc2)CC1. The van der Waals surface area contributed by atoms with Gasteiger partial charge in [-0.25, -0.2) is 4.79 Å². The zero-order chi connectivity index (χ0) is 20.1. The minimum absolute atomic E-state index is 0.0154. The molecule has 2 aromatic rings. The molecular formula is C22H30N6O. The predicted octanol–water partition coefficient (Wildman–Crippen LogP) is 2.18. The van der Waals surface area contributed by atoms with E-state index in [1.807, 2.05) is 29.3 Å². The Balaban J connectivity index is 1.24. The molecule has 0 bridgehead atoms. The summed E-state index contributed by atoms with van der Waals surface area (Å²) in [5, 5.41) is 3.05. The van der Waals surface area contributed by atoms with Crippen molar-refractivity contribution in [2.45, 2.75) is 6.54 Å². The molecule has 1 aromatic carbocycles. The van der Waals surface area contributed by atoms with E-state index in [0.29, 0.717) is 0 Å². The Morgan fingerprint density at radius 2 is 1.69 bits per heavy atom. The first-order chi connectivity index (χ1) is 14.2. The lowest BCUT2D eigenvalue weighted by atomic mass is 10.2. The molecule has 2 saturated heterocycles. The Hall–Kier alpha value is -2.64. The van der Waals surface area contributed by atoms with Crippen LogP contribution in [0.1, 0.15) is 5.56 Å². The van der Waals surface area contributed by atoms with Gasteiger partial charge < -0.3 is 20.0 Å². The van der Waals surface area contributed by atoms with Crippen molar-refractivity contribution >= 4 is 17.4 Å². The van der Waals surface area contributed by atoms with E-state index in [1.165, 1.54) is 11.3 Å². The Morgan fingerprint density at radius 3 is 2.34 bits per heavy atom. The van der Waals surface area contributed by atoms with Crippen LogP contribution >= 0.6 is 0 Å². The minimum Gasteiger partial charge on any atom is -0.369 e. The van der Waals surface area contributed by atoms with Gasteiger partial charge in [0.05, 0.1) is 0 Å². The first-order valence-corrected chi connectivity index (χ1v) is 10.4. The third kappa shape index (κ3) is 5.25. The second-order valence-corrected chi connectivity index (χ2v) is 7.89. The molecule has 0 atom stereocenters. The Morgan fingerprint density at radius 1 is 0.966 bits per heavy atom. The fourth-order valence-corrected chi connectivity index (χ4v) is 3.88. The van der Waals surface area contributed by atoms with E-state index in [9.17, 15) is 4.79 Å². The van der Waals surface area contributed by atoms with Crippen LogP contribution in [0.15, 0.2) is 48.8 Å². The van der Waals surface area contributed by atoms with Crippen LogP contribution in [0.25, 0.3) is 0 Å². The van der Waals surface area contributed by atoms with Gasteiger partial charge in [0.1, 0.15) is 0 Å². The highest BCUT2D eigenvalue weighted by Crippen LogP contribution is 2.20. The van der Waals surface area contributed by atoms with E-state index < -0.39 is 0 Å². The van der Waals surface area contributed by atoms with Crippen LogP contribution in [0.3, 0.4) is 0 Å². The number of nitrogens with one attached hydrogen (secondary N) is 1. The number of carbonyl (C=O) groups is 1. The number of piperazine rings is 2. The van der Waals surface area contributed by atoms with Crippen LogP contribution in [0.2, 0.25) is 0 Å². The maximum absolute atomic E-state index is 12.6. The summed E-state index contributed by atoms with van der Waals surface area (Å²) in [6.45, 7) is 8.40. The number of hydrogen-bond donors (Lipinski definition) is 1. The number of benzene rings is 1. The van der Waals surface area contributed by atoms with Crippen molar-refractivity contribution in [1.29, 1.82) is 0 Å². The van der Waals surface area contributed by atoms with Crippen molar-refractivity contribution in [3.05, 3.63) is 54.4 Å². The van der Waals surface area contributed by atoms with Crippen molar-refractivity contribution in [1.82, 2.24) is 19.7 Å². The third-order valence-electron chi connectivity index (χ3n) is 5.78. The number of aromatic nitrogens is 1. The molecule has 0 spiro atoms. The summed E-state index contributed by atoms with van der Waals surface area (Å²) in [7, 11) is 2.16. The molecule has 2 aliphatic heterocycles. The lowest BCUT2D eigenvalue weighted by Gasteiger charge is -2.35. The molecule has 3 heterocycles. The fraction of sp³-hybridized carbons (Fsp3) is 0.455. The van der Waals surface area contributed by atoms with Gasteiger partial charge in [-0.1, -0.05) is 6.07 Å². The first-order valence-electron chi connectivity index (χ1n) is 10.4. The van der Waals surface area contributed by atoms with E-state index in [4.69, 9.17) is 0 Å². The largest absolute Gasteiger partial charge is 0.369 e. The molecule has 2 fully saturated rings. The quantitative estimate of drug-likeness (QED) is 0.862. The van der Waals surface area contributed by atoms with Gasteiger partial charge in [0.15, 0.2) is 0 Å². The maximum atomic E-state index is 12.6. The molecule has 1 N–H and O–H groups in total. The molecule has 29 heavy (non-hydrogen) atoms. The van der Waals surface area contributed by atoms with Gasteiger partial charge in [0, 0.05) is 82.7 Å². The topological polar surface area (TPSA) is 55.0 Å². The number of pyridine rings is 1. The van der Waals surface area contributed by atoms with E-state index in [1.54, 1.807) is 6.20 Å². The number of hydrogen-bond acceptors (Lipinski definition) is 5. The molecule has 0 aliphatic carbocycles. The number of nitrogens with zero attached hydrogens (tertiary/aromatic N) is 5.